The molecule has 0 aliphatic carbocycles. The lowest BCUT2D eigenvalue weighted by Gasteiger charge is -2.10. The molecule has 0 saturated carbocycles. The fourth-order valence-electron chi connectivity index (χ4n) is 2.30. The van der Waals surface area contributed by atoms with Gasteiger partial charge in [-0.1, -0.05) is 65.8 Å². The van der Waals surface area contributed by atoms with E-state index in [-0.39, 0.29) is 23.9 Å². The summed E-state index contributed by atoms with van der Waals surface area (Å²) in [5.41, 5.74) is 1.06. The molecule has 1 heterocycles. The monoisotopic (exact) mass is 348 g/mol. The van der Waals surface area contributed by atoms with E-state index in [0.29, 0.717) is 16.3 Å². The molecule has 0 aromatic heterocycles. The first kappa shape index (κ1) is 17.4. The molecule has 1 aliphatic heterocycles. The van der Waals surface area contributed by atoms with Gasteiger partial charge in [-0.3, -0.25) is 4.79 Å². The minimum Gasteiger partial charge on any atom is -0.509 e. The molecule has 1 atom stereocenters. The van der Waals surface area contributed by atoms with Crippen molar-refractivity contribution in [1.29, 1.82) is 0 Å². The number of aliphatic hydroxyl groups excluding tert-OH is 1. The molecule has 1 amide bonds. The summed E-state index contributed by atoms with van der Waals surface area (Å²) < 4.78 is 0. The molecule has 5 N–H and O–H groups in total. The first-order valence-corrected chi connectivity index (χ1v) is 8.05. The molecule has 0 saturated heterocycles. The molecule has 6 heteroatoms. The Kier molecular flexibility index (Phi) is 5.71. The number of thioether (sulfide) groups is 1. The number of benzene rings is 2. The lowest BCUT2D eigenvalue weighted by Crippen LogP contribution is -2.30. The van der Waals surface area contributed by atoms with Crippen LogP contribution in [0.4, 0.5) is 0 Å². The Morgan fingerprint density at radius 1 is 1.09 bits per heavy atom. The third kappa shape index (κ3) is 3.88. The Balaban J connectivity index is 0.00000192. The van der Waals surface area contributed by atoms with Crippen LogP contribution >= 0.6 is 23.4 Å². The van der Waals surface area contributed by atoms with E-state index in [9.17, 15) is 9.90 Å². The maximum absolute atomic E-state index is 12.1. The molecule has 0 fully saturated rings. The van der Waals surface area contributed by atoms with Crippen molar-refractivity contribution in [2.24, 2.45) is 0 Å². The summed E-state index contributed by atoms with van der Waals surface area (Å²) in [7, 11) is 0. The lowest BCUT2D eigenvalue weighted by atomic mass is 10.1. The molecule has 2 aromatic rings. The van der Waals surface area contributed by atoms with Gasteiger partial charge < -0.3 is 16.6 Å². The number of aliphatic hydroxyl groups is 1. The van der Waals surface area contributed by atoms with Gasteiger partial charge >= 0.3 is 0 Å². The van der Waals surface area contributed by atoms with E-state index >= 15 is 0 Å². The van der Waals surface area contributed by atoms with Gasteiger partial charge in [0.2, 0.25) is 0 Å². The summed E-state index contributed by atoms with van der Waals surface area (Å²) in [5, 5.41) is 13.7. The van der Waals surface area contributed by atoms with Crippen LogP contribution in [-0.4, -0.2) is 17.1 Å². The molecule has 120 valence electrons. The van der Waals surface area contributed by atoms with Crippen LogP contribution in [0.3, 0.4) is 0 Å². The van der Waals surface area contributed by atoms with Crippen LogP contribution < -0.4 is 11.5 Å². The number of rotatable bonds is 4. The van der Waals surface area contributed by atoms with Crippen LogP contribution in [0.5, 0.6) is 0 Å². The fourth-order valence-corrected chi connectivity index (χ4v) is 3.48. The van der Waals surface area contributed by atoms with Gasteiger partial charge in [0, 0.05) is 4.90 Å². The smallest absolute Gasteiger partial charge is 0.262 e. The normalized spacial score (nSPS) is 16.9. The first-order valence-electron chi connectivity index (χ1n) is 6.85. The lowest BCUT2D eigenvalue weighted by molar-refractivity contribution is -0.116. The highest BCUT2D eigenvalue weighted by Crippen LogP contribution is 2.36. The second-order valence-electron chi connectivity index (χ2n) is 4.96. The Hall–Kier alpha value is -1.95. The van der Waals surface area contributed by atoms with Crippen molar-refractivity contribution < 1.29 is 9.90 Å². The maximum atomic E-state index is 12.1. The number of nitrogens with one attached hydrogen (secondary N) is 1. The highest BCUT2D eigenvalue weighted by molar-refractivity contribution is 8.04. The van der Waals surface area contributed by atoms with E-state index in [1.807, 2.05) is 48.5 Å². The molecular weight excluding hydrogens is 332 g/mol. The van der Waals surface area contributed by atoms with Gasteiger partial charge in [-0.2, -0.15) is 0 Å². The summed E-state index contributed by atoms with van der Waals surface area (Å²) in [6.45, 7) is 0. The van der Waals surface area contributed by atoms with Crippen molar-refractivity contribution in [2.75, 3.05) is 0 Å². The number of carbonyl (C=O) groups is 1. The van der Waals surface area contributed by atoms with Gasteiger partial charge in [0.25, 0.3) is 5.91 Å². The molecule has 0 bridgehead atoms. The van der Waals surface area contributed by atoms with Crippen molar-refractivity contribution in [2.45, 2.75) is 17.4 Å². The highest BCUT2D eigenvalue weighted by atomic mass is 35.5. The minimum atomic E-state index is -0.389. The van der Waals surface area contributed by atoms with E-state index in [1.165, 1.54) is 11.8 Å². The van der Waals surface area contributed by atoms with Crippen molar-refractivity contribution in [1.82, 2.24) is 11.5 Å². The Morgan fingerprint density at radius 3 is 2.43 bits per heavy atom. The van der Waals surface area contributed by atoms with Gasteiger partial charge in [0.15, 0.2) is 0 Å². The van der Waals surface area contributed by atoms with Crippen molar-refractivity contribution >= 4 is 29.3 Å². The summed E-state index contributed by atoms with van der Waals surface area (Å²) in [5.74, 6) is -0.179. The van der Waals surface area contributed by atoms with E-state index in [2.05, 4.69) is 5.32 Å². The molecule has 0 radical (unpaired) electrons. The number of amides is 1. The summed E-state index contributed by atoms with van der Waals surface area (Å²) in [6.07, 6.45) is 0.561. The zero-order chi connectivity index (χ0) is 15.5. The third-order valence-corrected chi connectivity index (χ3v) is 5.02. The fraction of sp³-hybridized carbons (Fsp3) is 0.118. The number of halogens is 1. The van der Waals surface area contributed by atoms with E-state index in [1.54, 1.807) is 6.07 Å². The predicted molar refractivity (Wildman–Crippen MR) is 94.1 cm³/mol. The van der Waals surface area contributed by atoms with Crippen LogP contribution in [0.1, 0.15) is 5.56 Å². The van der Waals surface area contributed by atoms with Crippen LogP contribution in [0.2, 0.25) is 5.02 Å². The van der Waals surface area contributed by atoms with Crippen molar-refractivity contribution in [3.8, 4) is 0 Å². The van der Waals surface area contributed by atoms with Crippen molar-refractivity contribution in [3.05, 3.63) is 75.8 Å². The Bertz CT molecular complexity index is 734. The van der Waals surface area contributed by atoms with Crippen LogP contribution in [0, 0.1) is 0 Å². The summed E-state index contributed by atoms with van der Waals surface area (Å²) in [6, 6.07) is 16.6. The Morgan fingerprint density at radius 2 is 1.74 bits per heavy atom. The average molecular weight is 349 g/mol. The largest absolute Gasteiger partial charge is 0.509 e. The second kappa shape index (κ2) is 7.55. The van der Waals surface area contributed by atoms with Gasteiger partial charge in [-0.15, -0.1) is 0 Å². The van der Waals surface area contributed by atoms with E-state index < -0.39 is 0 Å². The van der Waals surface area contributed by atoms with Crippen LogP contribution in [-0.2, 0) is 11.2 Å². The van der Waals surface area contributed by atoms with Gasteiger partial charge in [-0.25, -0.2) is 0 Å². The highest BCUT2D eigenvalue weighted by Gasteiger charge is 2.32. The molecule has 3 rings (SSSR count). The molecule has 0 spiro atoms. The minimum absolute atomic E-state index is 0. The number of hydrogen-bond donors (Lipinski definition) is 3. The number of hydrogen-bond acceptors (Lipinski definition) is 4. The molecular formula is C17H17ClN2O2S. The molecule has 1 aliphatic rings. The number of carbonyl (C=O) groups excluding carboxylic acids is 1. The SMILES string of the molecule is N.O=C1N[C@H](Cc2ccccc2)C(O)=C1Sc1ccccc1Cl. The standard InChI is InChI=1S/C17H14ClNO2S.H3N/c18-12-8-4-5-9-14(12)22-16-15(20)13(19-17(16)21)10-11-6-2-1-3-7-11;/h1-9,13,20H,10H2,(H,19,21);1H3/t13-;/m1./s1. The van der Waals surface area contributed by atoms with Gasteiger partial charge in [0.1, 0.15) is 10.7 Å². The van der Waals surface area contributed by atoms with Gasteiger partial charge in [-0.05, 0) is 24.1 Å². The molecule has 23 heavy (non-hydrogen) atoms. The third-order valence-electron chi connectivity index (χ3n) is 3.41. The van der Waals surface area contributed by atoms with E-state index in [4.69, 9.17) is 11.6 Å². The zero-order valence-electron chi connectivity index (χ0n) is 12.3. The second-order valence-corrected chi connectivity index (χ2v) is 6.42. The summed E-state index contributed by atoms with van der Waals surface area (Å²) >= 11 is 7.30. The zero-order valence-corrected chi connectivity index (χ0v) is 13.9. The molecule has 0 unspecified atom stereocenters. The van der Waals surface area contributed by atoms with E-state index in [0.717, 1.165) is 10.5 Å². The topological polar surface area (TPSA) is 84.3 Å². The quantitative estimate of drug-likeness (QED) is 0.776. The first-order chi connectivity index (χ1) is 10.6. The van der Waals surface area contributed by atoms with Crippen molar-refractivity contribution in [3.63, 3.8) is 0 Å². The average Bonchev–Trinajstić information content (AvgIpc) is 2.78. The maximum Gasteiger partial charge on any atom is 0.262 e. The van der Waals surface area contributed by atoms with Crippen LogP contribution in [0.15, 0.2) is 70.2 Å². The molecule has 4 nitrogen and oxygen atoms in total. The molecule has 2 aromatic carbocycles. The van der Waals surface area contributed by atoms with Gasteiger partial charge in [0.05, 0.1) is 11.1 Å². The summed E-state index contributed by atoms with van der Waals surface area (Å²) in [4.78, 5) is 13.2. The van der Waals surface area contributed by atoms with Crippen LogP contribution in [0.25, 0.3) is 0 Å². The Labute approximate surface area is 144 Å². The predicted octanol–water partition coefficient (Wildman–Crippen LogP) is 4.10.